The third-order valence-electron chi connectivity index (χ3n) is 3.11. The fourth-order valence-corrected chi connectivity index (χ4v) is 3.31. The van der Waals surface area contributed by atoms with Crippen molar-refractivity contribution in [3.8, 4) is 5.75 Å². The number of phenolic OH excluding ortho intramolecular Hbond substituents is 1. The van der Waals surface area contributed by atoms with Crippen LogP contribution in [0.1, 0.15) is 16.8 Å². The summed E-state index contributed by atoms with van der Waals surface area (Å²) in [7, 11) is -3.06. The van der Waals surface area contributed by atoms with Crippen LogP contribution < -0.4 is 5.73 Å². The number of hydrogen-bond acceptors (Lipinski definition) is 5. The van der Waals surface area contributed by atoms with Crippen molar-refractivity contribution in [3.63, 3.8) is 0 Å². The first-order chi connectivity index (χ1) is 8.89. The van der Waals surface area contributed by atoms with Gasteiger partial charge in [-0.05, 0) is 24.6 Å². The maximum Gasteiger partial charge on any atom is 0.256 e. The topological polar surface area (TPSA) is 101 Å². The second kappa shape index (κ2) is 5.08. The number of amides is 1. The lowest BCUT2D eigenvalue weighted by Crippen LogP contribution is -2.34. The van der Waals surface area contributed by atoms with Gasteiger partial charge in [-0.3, -0.25) is 4.79 Å². The number of benzene rings is 1. The average Bonchev–Trinajstić information content (AvgIpc) is 2.52. The maximum absolute atomic E-state index is 12.3. The molecule has 19 heavy (non-hydrogen) atoms. The summed E-state index contributed by atoms with van der Waals surface area (Å²) in [5.41, 5.74) is 6.19. The average molecular weight is 284 g/mol. The zero-order chi connectivity index (χ0) is 14.0. The van der Waals surface area contributed by atoms with Crippen molar-refractivity contribution in [1.82, 2.24) is 4.90 Å². The molecular formula is C12H16N2O4S. The van der Waals surface area contributed by atoms with Crippen LogP contribution in [0.2, 0.25) is 0 Å². The fraction of sp³-hybridized carbons (Fsp3) is 0.417. The number of anilines is 1. The number of aromatic hydroxyl groups is 1. The minimum absolute atomic E-state index is 0.0303. The zero-order valence-corrected chi connectivity index (χ0v) is 11.2. The van der Waals surface area contributed by atoms with Crippen molar-refractivity contribution < 1.29 is 18.3 Å². The Bertz CT molecular complexity index is 598. The largest absolute Gasteiger partial charge is 0.508 e. The summed E-state index contributed by atoms with van der Waals surface area (Å²) >= 11 is 0. The molecule has 0 unspecified atom stereocenters. The van der Waals surface area contributed by atoms with Crippen LogP contribution in [0.4, 0.5) is 5.69 Å². The van der Waals surface area contributed by atoms with Crippen molar-refractivity contribution in [2.75, 3.05) is 30.3 Å². The summed E-state index contributed by atoms with van der Waals surface area (Å²) in [6.07, 6.45) is 0.423. The van der Waals surface area contributed by atoms with E-state index in [1.165, 1.54) is 23.1 Å². The fourth-order valence-electron chi connectivity index (χ4n) is 2.04. The van der Waals surface area contributed by atoms with Gasteiger partial charge in [0.1, 0.15) is 5.75 Å². The first-order valence-electron chi connectivity index (χ1n) is 5.97. The molecule has 0 aromatic heterocycles. The van der Waals surface area contributed by atoms with E-state index in [-0.39, 0.29) is 41.0 Å². The number of nitrogens with two attached hydrogens (primary N) is 1. The summed E-state index contributed by atoms with van der Waals surface area (Å²) in [5, 5.41) is 9.40. The normalized spacial score (nSPS) is 18.8. The van der Waals surface area contributed by atoms with Crippen molar-refractivity contribution in [2.24, 2.45) is 0 Å². The smallest absolute Gasteiger partial charge is 0.256 e. The SMILES string of the molecule is Nc1ccc(O)cc1C(=O)N1CCCS(=O)(=O)CC1. The van der Waals surface area contributed by atoms with Crippen LogP contribution in [0, 0.1) is 0 Å². The lowest BCUT2D eigenvalue weighted by Gasteiger charge is -2.20. The van der Waals surface area contributed by atoms with E-state index in [0.717, 1.165) is 0 Å². The van der Waals surface area contributed by atoms with E-state index in [1.54, 1.807) is 0 Å². The number of nitrogens with zero attached hydrogens (tertiary/aromatic N) is 1. The molecule has 0 saturated carbocycles. The van der Waals surface area contributed by atoms with Gasteiger partial charge in [0.25, 0.3) is 5.91 Å². The zero-order valence-electron chi connectivity index (χ0n) is 10.4. The van der Waals surface area contributed by atoms with Crippen LogP contribution in [0.3, 0.4) is 0 Å². The molecule has 1 aliphatic heterocycles. The molecule has 0 bridgehead atoms. The van der Waals surface area contributed by atoms with Crippen molar-refractivity contribution in [3.05, 3.63) is 23.8 Å². The van der Waals surface area contributed by atoms with Crippen molar-refractivity contribution in [2.45, 2.75) is 6.42 Å². The predicted octanol–water partition coefficient (Wildman–Crippen LogP) is 0.235. The van der Waals surface area contributed by atoms with Gasteiger partial charge in [-0.2, -0.15) is 0 Å². The number of carbonyl (C=O) groups excluding carboxylic acids is 1. The Morgan fingerprint density at radius 3 is 2.74 bits per heavy atom. The Labute approximate surface area is 111 Å². The van der Waals surface area contributed by atoms with Gasteiger partial charge in [0, 0.05) is 18.8 Å². The third kappa shape index (κ3) is 3.17. The number of phenols is 1. The van der Waals surface area contributed by atoms with Crippen LogP contribution in [0.15, 0.2) is 18.2 Å². The predicted molar refractivity (Wildman–Crippen MR) is 71.7 cm³/mol. The van der Waals surface area contributed by atoms with Crippen LogP contribution in [0.5, 0.6) is 5.75 Å². The molecule has 0 radical (unpaired) electrons. The molecule has 0 atom stereocenters. The van der Waals surface area contributed by atoms with Gasteiger partial charge in [0.2, 0.25) is 0 Å². The monoisotopic (exact) mass is 284 g/mol. The van der Waals surface area contributed by atoms with Crippen LogP contribution in [0.25, 0.3) is 0 Å². The number of carbonyl (C=O) groups is 1. The van der Waals surface area contributed by atoms with E-state index in [4.69, 9.17) is 5.73 Å². The molecule has 6 nitrogen and oxygen atoms in total. The Hall–Kier alpha value is -1.76. The second-order valence-corrected chi connectivity index (χ2v) is 6.87. The molecule has 7 heteroatoms. The Kier molecular flexibility index (Phi) is 3.66. The lowest BCUT2D eigenvalue weighted by atomic mass is 10.1. The first-order valence-corrected chi connectivity index (χ1v) is 7.79. The highest BCUT2D eigenvalue weighted by Gasteiger charge is 2.24. The van der Waals surface area contributed by atoms with Gasteiger partial charge in [-0.15, -0.1) is 0 Å². The molecule has 0 aliphatic carbocycles. The molecule has 1 aromatic rings. The Balaban J connectivity index is 2.22. The highest BCUT2D eigenvalue weighted by atomic mass is 32.2. The molecule has 1 saturated heterocycles. The van der Waals surface area contributed by atoms with Crippen molar-refractivity contribution in [1.29, 1.82) is 0 Å². The molecular weight excluding hydrogens is 268 g/mol. The van der Waals surface area contributed by atoms with Gasteiger partial charge in [-0.1, -0.05) is 0 Å². The molecule has 3 N–H and O–H groups in total. The molecule has 1 fully saturated rings. The lowest BCUT2D eigenvalue weighted by molar-refractivity contribution is 0.0769. The van der Waals surface area contributed by atoms with Gasteiger partial charge in [-0.25, -0.2) is 8.42 Å². The van der Waals surface area contributed by atoms with E-state index < -0.39 is 9.84 Å². The number of hydrogen-bond donors (Lipinski definition) is 2. The molecule has 104 valence electrons. The highest BCUT2D eigenvalue weighted by molar-refractivity contribution is 7.91. The molecule has 1 amide bonds. The van der Waals surface area contributed by atoms with E-state index in [0.29, 0.717) is 13.0 Å². The highest BCUT2D eigenvalue weighted by Crippen LogP contribution is 2.21. The summed E-state index contributed by atoms with van der Waals surface area (Å²) in [5.74, 6) is -0.311. The van der Waals surface area contributed by atoms with Gasteiger partial charge in [0.15, 0.2) is 9.84 Å². The van der Waals surface area contributed by atoms with E-state index in [9.17, 15) is 18.3 Å². The third-order valence-corrected chi connectivity index (χ3v) is 4.83. The Morgan fingerprint density at radius 2 is 2.00 bits per heavy atom. The Morgan fingerprint density at radius 1 is 1.26 bits per heavy atom. The molecule has 1 aliphatic rings. The standard InChI is InChI=1S/C12H16N2O4S/c13-11-3-2-9(15)8-10(11)12(16)14-4-1-6-19(17,18)7-5-14/h2-3,8,15H,1,4-7,13H2. The summed E-state index contributed by atoms with van der Waals surface area (Å²) in [6.45, 7) is 0.545. The summed E-state index contributed by atoms with van der Waals surface area (Å²) < 4.78 is 23.0. The van der Waals surface area contributed by atoms with Gasteiger partial charge < -0.3 is 15.7 Å². The van der Waals surface area contributed by atoms with Crippen LogP contribution in [-0.4, -0.2) is 48.9 Å². The number of nitrogen functional groups attached to an aromatic ring is 1. The minimum Gasteiger partial charge on any atom is -0.508 e. The molecule has 1 aromatic carbocycles. The molecule has 1 heterocycles. The molecule has 0 spiro atoms. The van der Waals surface area contributed by atoms with Gasteiger partial charge >= 0.3 is 0 Å². The van der Waals surface area contributed by atoms with Gasteiger partial charge in [0.05, 0.1) is 17.1 Å². The second-order valence-electron chi connectivity index (χ2n) is 4.57. The summed E-state index contributed by atoms with van der Waals surface area (Å²) in [4.78, 5) is 13.7. The van der Waals surface area contributed by atoms with E-state index >= 15 is 0 Å². The maximum atomic E-state index is 12.3. The minimum atomic E-state index is -3.06. The van der Waals surface area contributed by atoms with Crippen LogP contribution in [-0.2, 0) is 9.84 Å². The first kappa shape index (κ1) is 13.7. The summed E-state index contributed by atoms with van der Waals surface area (Å²) in [6, 6.07) is 4.16. The van der Waals surface area contributed by atoms with Crippen molar-refractivity contribution >= 4 is 21.4 Å². The number of sulfone groups is 1. The number of rotatable bonds is 1. The van der Waals surface area contributed by atoms with E-state index in [1.807, 2.05) is 0 Å². The van der Waals surface area contributed by atoms with Crippen LogP contribution >= 0.6 is 0 Å². The molecule has 2 rings (SSSR count). The quantitative estimate of drug-likeness (QED) is 0.568. The van der Waals surface area contributed by atoms with E-state index in [2.05, 4.69) is 0 Å².